The van der Waals surface area contributed by atoms with Crippen LogP contribution in [0.25, 0.3) is 0 Å². The van der Waals surface area contributed by atoms with Gasteiger partial charge in [0.2, 0.25) is 0 Å². The average molecular weight is 284 g/mol. The van der Waals surface area contributed by atoms with Gasteiger partial charge in [0.05, 0.1) is 12.2 Å². The van der Waals surface area contributed by atoms with Gasteiger partial charge in [-0.15, -0.1) is 0 Å². The molecular weight excluding hydrogens is 269 g/mol. The normalized spacial score (nSPS) is 11.9. The van der Waals surface area contributed by atoms with Crippen molar-refractivity contribution < 1.29 is 13.2 Å². The second-order valence-electron chi connectivity index (χ2n) is 4.56. The molecule has 2 N–H and O–H groups in total. The van der Waals surface area contributed by atoms with E-state index in [1.165, 1.54) is 12.3 Å². The van der Waals surface area contributed by atoms with Crippen molar-refractivity contribution in [3.05, 3.63) is 46.5 Å². The van der Waals surface area contributed by atoms with Crippen LogP contribution in [0.1, 0.15) is 28.2 Å². The van der Waals surface area contributed by atoms with Gasteiger partial charge in [-0.3, -0.25) is 9.67 Å². The van der Waals surface area contributed by atoms with E-state index in [1.54, 1.807) is 4.68 Å². The van der Waals surface area contributed by atoms with Crippen LogP contribution >= 0.6 is 0 Å². The molecule has 2 aromatic heterocycles. The first-order valence-electron chi connectivity index (χ1n) is 6.08. The van der Waals surface area contributed by atoms with Crippen molar-refractivity contribution in [1.82, 2.24) is 14.8 Å². The topological polar surface area (TPSA) is 56.7 Å². The first-order valence-corrected chi connectivity index (χ1v) is 6.08. The number of halogens is 3. The molecule has 0 aliphatic carbocycles. The summed E-state index contributed by atoms with van der Waals surface area (Å²) < 4.78 is 39.0. The quantitative estimate of drug-likeness (QED) is 0.941. The van der Waals surface area contributed by atoms with Crippen molar-refractivity contribution in [3.63, 3.8) is 0 Å². The van der Waals surface area contributed by atoms with Gasteiger partial charge in [-0.25, -0.2) is 0 Å². The molecule has 0 unspecified atom stereocenters. The van der Waals surface area contributed by atoms with Crippen LogP contribution in [0.4, 0.5) is 13.2 Å². The number of hydrogen-bond acceptors (Lipinski definition) is 3. The van der Waals surface area contributed by atoms with Crippen molar-refractivity contribution in [1.29, 1.82) is 0 Å². The summed E-state index contributed by atoms with van der Waals surface area (Å²) in [4.78, 5) is 3.43. The SMILES string of the molecule is Cc1nn(Cc2ccc(C(F)(F)F)nc2)c(C)c1CN. The van der Waals surface area contributed by atoms with Crippen LogP contribution in [0.3, 0.4) is 0 Å². The Hall–Kier alpha value is -1.89. The summed E-state index contributed by atoms with van der Waals surface area (Å²) >= 11 is 0. The minimum Gasteiger partial charge on any atom is -0.326 e. The number of pyridine rings is 1. The number of rotatable bonds is 3. The minimum absolute atomic E-state index is 0.373. The zero-order valence-corrected chi connectivity index (χ0v) is 11.2. The molecule has 2 rings (SSSR count). The maximum Gasteiger partial charge on any atom is 0.433 e. The minimum atomic E-state index is -4.41. The molecule has 0 aliphatic rings. The highest BCUT2D eigenvalue weighted by molar-refractivity contribution is 5.25. The highest BCUT2D eigenvalue weighted by Gasteiger charge is 2.32. The molecule has 2 heterocycles. The highest BCUT2D eigenvalue weighted by atomic mass is 19.4. The van der Waals surface area contributed by atoms with Gasteiger partial charge < -0.3 is 5.73 Å². The van der Waals surface area contributed by atoms with Crippen LogP contribution in [0, 0.1) is 13.8 Å². The van der Waals surface area contributed by atoms with E-state index >= 15 is 0 Å². The van der Waals surface area contributed by atoms with E-state index < -0.39 is 11.9 Å². The van der Waals surface area contributed by atoms with Crippen molar-refractivity contribution in [2.75, 3.05) is 0 Å². The molecule has 0 fully saturated rings. The Bertz CT molecular complexity index is 599. The molecule has 0 radical (unpaired) electrons. The van der Waals surface area contributed by atoms with Gasteiger partial charge in [0.15, 0.2) is 0 Å². The monoisotopic (exact) mass is 284 g/mol. The van der Waals surface area contributed by atoms with Crippen molar-refractivity contribution in [3.8, 4) is 0 Å². The molecule has 0 saturated carbocycles. The molecule has 0 atom stereocenters. The smallest absolute Gasteiger partial charge is 0.326 e. The number of alkyl halides is 3. The average Bonchev–Trinajstić information content (AvgIpc) is 2.63. The van der Waals surface area contributed by atoms with E-state index in [9.17, 15) is 13.2 Å². The molecule has 0 aromatic carbocycles. The Morgan fingerprint density at radius 3 is 2.40 bits per heavy atom. The molecule has 108 valence electrons. The number of nitrogens with two attached hydrogens (primary N) is 1. The van der Waals surface area contributed by atoms with Crippen LogP contribution < -0.4 is 5.73 Å². The zero-order chi connectivity index (χ0) is 14.9. The van der Waals surface area contributed by atoms with Crippen LogP contribution in [0.15, 0.2) is 18.3 Å². The summed E-state index contributed by atoms with van der Waals surface area (Å²) in [5.41, 5.74) is 8.13. The van der Waals surface area contributed by atoms with Crippen LogP contribution in [-0.4, -0.2) is 14.8 Å². The molecular formula is C13H15F3N4. The molecule has 4 nitrogen and oxygen atoms in total. The first-order chi connectivity index (χ1) is 9.32. The van der Waals surface area contributed by atoms with Gasteiger partial charge in [0.1, 0.15) is 5.69 Å². The number of aromatic nitrogens is 3. The fourth-order valence-corrected chi connectivity index (χ4v) is 2.04. The summed E-state index contributed by atoms with van der Waals surface area (Å²) in [6.07, 6.45) is -3.19. The Morgan fingerprint density at radius 2 is 1.95 bits per heavy atom. The van der Waals surface area contributed by atoms with E-state index in [4.69, 9.17) is 5.73 Å². The van der Waals surface area contributed by atoms with E-state index in [1.807, 2.05) is 13.8 Å². The molecule has 0 bridgehead atoms. The lowest BCUT2D eigenvalue weighted by Gasteiger charge is -2.08. The fraction of sp³-hybridized carbons (Fsp3) is 0.385. The summed E-state index contributed by atoms with van der Waals surface area (Å²) in [6.45, 7) is 4.51. The Balaban J connectivity index is 2.23. The van der Waals surface area contributed by atoms with Crippen molar-refractivity contribution >= 4 is 0 Å². The molecule has 2 aromatic rings. The number of aryl methyl sites for hydroxylation is 1. The Morgan fingerprint density at radius 1 is 1.25 bits per heavy atom. The van der Waals surface area contributed by atoms with E-state index in [0.717, 1.165) is 23.0 Å². The summed E-state index contributed by atoms with van der Waals surface area (Å²) in [6, 6.07) is 2.39. The number of nitrogens with zero attached hydrogens (tertiary/aromatic N) is 3. The molecule has 0 aliphatic heterocycles. The third kappa shape index (κ3) is 2.82. The van der Waals surface area contributed by atoms with Crippen LogP contribution in [0.2, 0.25) is 0 Å². The first kappa shape index (κ1) is 14.5. The van der Waals surface area contributed by atoms with Gasteiger partial charge in [0.25, 0.3) is 0 Å². The highest BCUT2D eigenvalue weighted by Crippen LogP contribution is 2.27. The standard InChI is InChI=1S/C13H15F3N4/c1-8-11(5-17)9(2)20(19-8)7-10-3-4-12(18-6-10)13(14,15)16/h3-4,6H,5,7,17H2,1-2H3. The van der Waals surface area contributed by atoms with Gasteiger partial charge in [-0.1, -0.05) is 6.07 Å². The third-order valence-corrected chi connectivity index (χ3v) is 3.18. The summed E-state index contributed by atoms with van der Waals surface area (Å²) in [5, 5.41) is 4.33. The van der Waals surface area contributed by atoms with Crippen molar-refractivity contribution in [2.45, 2.75) is 33.1 Å². The molecule has 0 spiro atoms. The molecule has 7 heteroatoms. The maximum absolute atomic E-state index is 12.4. The van der Waals surface area contributed by atoms with Gasteiger partial charge in [0, 0.05) is 24.0 Å². The molecule has 0 saturated heterocycles. The van der Waals surface area contributed by atoms with Gasteiger partial charge in [-0.2, -0.15) is 18.3 Å². The van der Waals surface area contributed by atoms with Crippen LogP contribution in [-0.2, 0) is 19.3 Å². The predicted octanol–water partition coefficient (Wildman–Crippen LogP) is 2.42. The van der Waals surface area contributed by atoms with Crippen LogP contribution in [0.5, 0.6) is 0 Å². The Labute approximate surface area is 114 Å². The van der Waals surface area contributed by atoms with E-state index in [0.29, 0.717) is 18.7 Å². The van der Waals surface area contributed by atoms with Gasteiger partial charge >= 0.3 is 6.18 Å². The summed E-state index contributed by atoms with van der Waals surface area (Å²) in [5.74, 6) is 0. The molecule has 20 heavy (non-hydrogen) atoms. The van der Waals surface area contributed by atoms with Crippen molar-refractivity contribution in [2.24, 2.45) is 5.73 Å². The lowest BCUT2D eigenvalue weighted by atomic mass is 10.2. The second kappa shape index (κ2) is 5.24. The maximum atomic E-state index is 12.4. The Kier molecular flexibility index (Phi) is 3.80. The zero-order valence-electron chi connectivity index (χ0n) is 11.2. The molecule has 0 amide bonds. The van der Waals surface area contributed by atoms with E-state index in [2.05, 4.69) is 10.1 Å². The predicted molar refractivity (Wildman–Crippen MR) is 67.9 cm³/mol. The number of hydrogen-bond donors (Lipinski definition) is 1. The fourth-order valence-electron chi connectivity index (χ4n) is 2.04. The van der Waals surface area contributed by atoms with Gasteiger partial charge in [-0.05, 0) is 25.5 Å². The second-order valence-corrected chi connectivity index (χ2v) is 4.56. The third-order valence-electron chi connectivity index (χ3n) is 3.18. The van der Waals surface area contributed by atoms with E-state index in [-0.39, 0.29) is 0 Å². The summed E-state index contributed by atoms with van der Waals surface area (Å²) in [7, 11) is 0. The lowest BCUT2D eigenvalue weighted by Crippen LogP contribution is -2.09. The largest absolute Gasteiger partial charge is 0.433 e. The lowest BCUT2D eigenvalue weighted by molar-refractivity contribution is -0.141.